The van der Waals surface area contributed by atoms with E-state index in [0.29, 0.717) is 0 Å². The first-order chi connectivity index (χ1) is 12.9. The normalized spacial score (nSPS) is 16.5. The molecule has 0 saturated heterocycles. The summed E-state index contributed by atoms with van der Waals surface area (Å²) in [6.45, 7) is 0. The van der Waals surface area contributed by atoms with Crippen molar-refractivity contribution in [2.45, 2.75) is 39.3 Å². The Labute approximate surface area is 163 Å². The first-order valence-electron chi connectivity index (χ1n) is 5.92. The van der Waals surface area contributed by atoms with E-state index in [9.17, 15) is 87.1 Å². The summed E-state index contributed by atoms with van der Waals surface area (Å²) < 4.78 is 236. The molecule has 0 rings (SSSR count). The summed E-state index contributed by atoms with van der Waals surface area (Å²) >= 11 is -3.28. The summed E-state index contributed by atoms with van der Waals surface area (Å²) in [5.74, 6) is -16.1. The lowest BCUT2D eigenvalue weighted by molar-refractivity contribution is -0.382. The van der Waals surface area contributed by atoms with Gasteiger partial charge in [-0.3, -0.25) is 0 Å². The molecule has 0 atom stereocenters. The maximum atomic E-state index is 13.2. The Hall–Kier alpha value is -0.910. The molecule has 0 aliphatic carbocycles. The number of hydrogen-bond acceptors (Lipinski definition) is 5. The molecule has 31 heavy (non-hydrogen) atoms. The topological polar surface area (TPSA) is 80.3 Å². The largest absolute Gasteiger partial charge is 0.464 e. The highest BCUT2D eigenvalue weighted by Gasteiger charge is 2.86. The van der Waals surface area contributed by atoms with Crippen LogP contribution in [0.25, 0.3) is 0 Å². The number of thioether (sulfide) groups is 1. The van der Waals surface area contributed by atoms with Gasteiger partial charge in [0.05, 0.1) is 0 Å². The van der Waals surface area contributed by atoms with Gasteiger partial charge in [0.15, 0.2) is 0 Å². The van der Waals surface area contributed by atoms with Gasteiger partial charge >= 0.3 is 49.3 Å². The lowest BCUT2D eigenvalue weighted by Gasteiger charge is -2.33. The van der Waals surface area contributed by atoms with Crippen LogP contribution in [-0.2, 0) is 20.0 Å². The summed E-state index contributed by atoms with van der Waals surface area (Å²) in [6.07, 6.45) is -14.6. The first kappa shape index (κ1) is 30.1. The highest BCUT2D eigenvalue weighted by atomic mass is 32.3. The van der Waals surface area contributed by atoms with Gasteiger partial charge in [-0.25, -0.2) is 16.8 Å². The van der Waals surface area contributed by atoms with Crippen LogP contribution in [0.4, 0.5) is 70.2 Å². The zero-order valence-electron chi connectivity index (χ0n) is 12.9. The third-order valence-electron chi connectivity index (χ3n) is 2.56. The number of rotatable bonds is 8. The fourth-order valence-corrected chi connectivity index (χ4v) is 4.94. The minimum absolute atomic E-state index is 1.24. The van der Waals surface area contributed by atoms with Gasteiger partial charge in [-0.15, -0.1) is 0 Å². The molecule has 5 nitrogen and oxygen atoms in total. The van der Waals surface area contributed by atoms with Gasteiger partial charge in [0.25, 0.3) is 10.0 Å². The Balaban J connectivity index is 6.34. The van der Waals surface area contributed by atoms with E-state index in [4.69, 9.17) is 0 Å². The van der Waals surface area contributed by atoms with E-state index in [1.165, 1.54) is 0 Å². The molecule has 0 heterocycles. The van der Waals surface area contributed by atoms with E-state index < -0.39 is 75.2 Å². The molecular formula is C7HF16NO4S3. The molecule has 188 valence electrons. The maximum Gasteiger partial charge on any atom is 0.464 e. The predicted octanol–water partition coefficient (Wildman–Crippen LogP) is 4.10. The standard InChI is InChI=1S/C7HF16NO4S3/c8-1(9,3(12,13)14)2(10,11)6(20,21)30(25,26)24-31(27,28)7(22,23)29-5(18,19)4(15,16)17/h24H. The van der Waals surface area contributed by atoms with Crippen LogP contribution < -0.4 is 4.13 Å². The summed E-state index contributed by atoms with van der Waals surface area (Å²) in [5.41, 5.74) is 0. The minimum Gasteiger partial charge on any atom is -0.205 e. The van der Waals surface area contributed by atoms with Crippen molar-refractivity contribution < 1.29 is 87.1 Å². The van der Waals surface area contributed by atoms with E-state index in [0.717, 1.165) is 0 Å². The fraction of sp³-hybridized carbons (Fsp3) is 1.00. The van der Waals surface area contributed by atoms with Crippen LogP contribution in [0.15, 0.2) is 0 Å². The van der Waals surface area contributed by atoms with E-state index in [2.05, 4.69) is 0 Å². The van der Waals surface area contributed by atoms with Crippen molar-refractivity contribution in [1.29, 1.82) is 0 Å². The lowest BCUT2D eigenvalue weighted by atomic mass is 10.1. The zero-order valence-corrected chi connectivity index (χ0v) is 15.4. The highest BCUT2D eigenvalue weighted by Crippen LogP contribution is 2.56. The zero-order chi connectivity index (χ0) is 25.9. The number of nitrogens with one attached hydrogen (secondary N) is 1. The minimum atomic E-state index is -8.31. The summed E-state index contributed by atoms with van der Waals surface area (Å²) in [7, 11) is -16.2. The van der Waals surface area contributed by atoms with Crippen LogP contribution in [0, 0.1) is 0 Å². The number of alkyl halides is 16. The monoisotopic (exact) mass is 563 g/mol. The molecule has 0 unspecified atom stereocenters. The molecule has 0 aliphatic heterocycles. The Morgan fingerprint density at radius 2 is 0.871 bits per heavy atom. The smallest absolute Gasteiger partial charge is 0.205 e. The van der Waals surface area contributed by atoms with Crippen LogP contribution in [0.2, 0.25) is 0 Å². The van der Waals surface area contributed by atoms with E-state index >= 15 is 0 Å². The van der Waals surface area contributed by atoms with Crippen molar-refractivity contribution >= 4 is 31.8 Å². The quantitative estimate of drug-likeness (QED) is 0.451. The van der Waals surface area contributed by atoms with Crippen molar-refractivity contribution in [3.8, 4) is 0 Å². The molecule has 0 aliphatic rings. The van der Waals surface area contributed by atoms with Crippen LogP contribution >= 0.6 is 11.8 Å². The predicted molar refractivity (Wildman–Crippen MR) is 65.4 cm³/mol. The molecule has 0 amide bonds. The summed E-state index contributed by atoms with van der Waals surface area (Å²) in [4.78, 5) is 0. The second kappa shape index (κ2) is 7.56. The number of hydrogen-bond donors (Lipinski definition) is 1. The molecular weight excluding hydrogens is 562 g/mol. The third kappa shape index (κ3) is 5.04. The van der Waals surface area contributed by atoms with Gasteiger partial charge in [-0.05, 0) is 0 Å². The van der Waals surface area contributed by atoms with Crippen molar-refractivity contribution in [2.75, 3.05) is 0 Å². The highest BCUT2D eigenvalue weighted by molar-refractivity contribution is 8.17. The Morgan fingerprint density at radius 1 is 0.516 bits per heavy atom. The SMILES string of the molecule is O=S(=O)(NS(=O)(=O)C(F)(F)C(F)(F)C(F)(F)C(F)(F)F)C(F)(F)SC(F)(F)C(F)(F)F. The van der Waals surface area contributed by atoms with Crippen LogP contribution in [0.1, 0.15) is 0 Å². The number of halogens is 16. The molecule has 0 fully saturated rings. The van der Waals surface area contributed by atoms with Gasteiger partial charge in [0, 0.05) is 11.8 Å². The Bertz CT molecular complexity index is 885. The van der Waals surface area contributed by atoms with Gasteiger partial charge in [-0.1, -0.05) is 4.13 Å². The van der Waals surface area contributed by atoms with Crippen molar-refractivity contribution in [1.82, 2.24) is 4.13 Å². The molecule has 0 spiro atoms. The van der Waals surface area contributed by atoms with E-state index in [-0.39, 0.29) is 0 Å². The first-order valence-corrected chi connectivity index (χ1v) is 9.70. The molecule has 0 aromatic carbocycles. The molecule has 0 saturated carbocycles. The summed E-state index contributed by atoms with van der Waals surface area (Å²) in [5, 5.41) is -14.7. The van der Waals surface area contributed by atoms with Crippen molar-refractivity contribution in [3.63, 3.8) is 0 Å². The van der Waals surface area contributed by atoms with Gasteiger partial charge in [-0.2, -0.15) is 70.2 Å². The Kier molecular flexibility index (Phi) is 7.34. The number of sulfonamides is 2. The van der Waals surface area contributed by atoms with Gasteiger partial charge in [0.2, 0.25) is 0 Å². The lowest BCUT2D eigenvalue weighted by Crippen LogP contribution is -2.65. The average Bonchev–Trinajstić information content (AvgIpc) is 2.41. The summed E-state index contributed by atoms with van der Waals surface area (Å²) in [6, 6.07) is 0. The molecule has 0 aromatic rings. The molecule has 0 radical (unpaired) electrons. The third-order valence-corrected chi connectivity index (χ3v) is 7.51. The van der Waals surface area contributed by atoms with Gasteiger partial charge < -0.3 is 0 Å². The molecule has 0 aromatic heterocycles. The van der Waals surface area contributed by atoms with E-state index in [1.807, 2.05) is 0 Å². The Morgan fingerprint density at radius 3 is 1.16 bits per heavy atom. The van der Waals surface area contributed by atoms with E-state index in [1.54, 1.807) is 0 Å². The van der Waals surface area contributed by atoms with Crippen LogP contribution in [0.5, 0.6) is 0 Å². The van der Waals surface area contributed by atoms with Crippen LogP contribution in [0.3, 0.4) is 0 Å². The van der Waals surface area contributed by atoms with Gasteiger partial charge in [0.1, 0.15) is 0 Å². The van der Waals surface area contributed by atoms with Crippen molar-refractivity contribution in [3.05, 3.63) is 0 Å². The van der Waals surface area contributed by atoms with Crippen LogP contribution in [-0.4, -0.2) is 56.1 Å². The molecule has 1 N–H and O–H groups in total. The van der Waals surface area contributed by atoms with Crippen molar-refractivity contribution in [2.24, 2.45) is 0 Å². The fourth-order valence-electron chi connectivity index (χ4n) is 1.04. The second-order valence-corrected chi connectivity index (χ2v) is 10.0. The molecule has 0 bridgehead atoms. The molecule has 24 heteroatoms. The maximum absolute atomic E-state index is 13.2. The second-order valence-electron chi connectivity index (χ2n) is 4.83. The average molecular weight is 563 g/mol.